The van der Waals surface area contributed by atoms with Crippen molar-refractivity contribution in [2.24, 2.45) is 0 Å². The quantitative estimate of drug-likeness (QED) is 0.841. The van der Waals surface area contributed by atoms with Crippen molar-refractivity contribution in [3.63, 3.8) is 0 Å². The molecule has 0 unspecified atom stereocenters. The fraction of sp³-hybridized carbons (Fsp3) is 0.222. The van der Waals surface area contributed by atoms with Crippen LogP contribution in [0.25, 0.3) is 0 Å². The molecule has 2 aromatic carbocycles. The molecule has 1 heterocycles. The van der Waals surface area contributed by atoms with Gasteiger partial charge in [-0.1, -0.05) is 11.6 Å². The van der Waals surface area contributed by atoms with Gasteiger partial charge in [0.15, 0.2) is 0 Å². The number of ether oxygens (including phenoxy) is 2. The molecule has 0 spiro atoms. The lowest BCUT2D eigenvalue weighted by molar-refractivity contribution is -0.119. The van der Waals surface area contributed by atoms with Gasteiger partial charge in [-0.05, 0) is 36.4 Å². The van der Waals surface area contributed by atoms with Crippen LogP contribution in [0.2, 0.25) is 5.02 Å². The summed E-state index contributed by atoms with van der Waals surface area (Å²) in [6, 6.07) is 11.2. The van der Waals surface area contributed by atoms with Gasteiger partial charge >= 0.3 is 6.03 Å². The van der Waals surface area contributed by atoms with Crippen LogP contribution in [0.4, 0.5) is 10.5 Å². The highest BCUT2D eigenvalue weighted by Crippen LogP contribution is 2.32. The van der Waals surface area contributed by atoms with E-state index in [0.29, 0.717) is 28.0 Å². The molecule has 1 saturated heterocycles. The molecule has 0 aliphatic carbocycles. The van der Waals surface area contributed by atoms with Crippen molar-refractivity contribution in [1.29, 1.82) is 0 Å². The molecular formula is C18H18ClN3O4. The molecule has 1 fully saturated rings. The highest BCUT2D eigenvalue weighted by molar-refractivity contribution is 6.30. The SMILES string of the molecule is COc1ccc(Oc2ccc(Cl)cc2)cc1NC(=O)[C@@H]1CNC(=O)N1C. The molecule has 0 saturated carbocycles. The molecule has 2 N–H and O–H groups in total. The minimum Gasteiger partial charge on any atom is -0.495 e. The number of halogens is 1. The summed E-state index contributed by atoms with van der Waals surface area (Å²) in [6.45, 7) is 0.254. The average Bonchev–Trinajstić information content (AvgIpc) is 2.96. The number of hydrogen-bond acceptors (Lipinski definition) is 4. The maximum atomic E-state index is 12.5. The summed E-state index contributed by atoms with van der Waals surface area (Å²) in [5, 5.41) is 6.03. The Kier molecular flexibility index (Phi) is 5.18. The maximum Gasteiger partial charge on any atom is 0.317 e. The lowest BCUT2D eigenvalue weighted by Crippen LogP contribution is -2.40. The number of carbonyl (C=O) groups excluding carboxylic acids is 2. The van der Waals surface area contributed by atoms with E-state index in [0.717, 1.165) is 0 Å². The standard InChI is InChI=1S/C18H18ClN3O4/c1-22-15(10-20-18(22)24)17(23)21-14-9-13(7-8-16(14)25-2)26-12-5-3-11(19)4-6-12/h3-9,15H,10H2,1-2H3,(H,20,24)(H,21,23)/t15-/m0/s1. The summed E-state index contributed by atoms with van der Waals surface area (Å²) >= 11 is 5.87. The third kappa shape index (κ3) is 3.83. The zero-order valence-corrected chi connectivity index (χ0v) is 15.0. The average molecular weight is 376 g/mol. The van der Waals surface area contributed by atoms with Crippen LogP contribution >= 0.6 is 11.6 Å². The number of benzene rings is 2. The van der Waals surface area contributed by atoms with Gasteiger partial charge in [0, 0.05) is 24.7 Å². The molecule has 1 aliphatic heterocycles. The number of likely N-dealkylation sites (N-methyl/N-ethyl adjacent to an activating group) is 1. The molecule has 26 heavy (non-hydrogen) atoms. The van der Waals surface area contributed by atoms with E-state index in [1.807, 2.05) is 0 Å². The number of nitrogens with one attached hydrogen (secondary N) is 2. The first-order valence-corrected chi connectivity index (χ1v) is 8.28. The molecule has 0 radical (unpaired) electrons. The lowest BCUT2D eigenvalue weighted by Gasteiger charge is -2.19. The van der Waals surface area contributed by atoms with E-state index < -0.39 is 6.04 Å². The van der Waals surface area contributed by atoms with Crippen LogP contribution < -0.4 is 20.1 Å². The topological polar surface area (TPSA) is 79.9 Å². The number of hydrogen-bond donors (Lipinski definition) is 2. The highest BCUT2D eigenvalue weighted by Gasteiger charge is 2.33. The first kappa shape index (κ1) is 17.9. The Balaban J connectivity index is 1.78. The van der Waals surface area contributed by atoms with Crippen molar-refractivity contribution in [2.45, 2.75) is 6.04 Å². The summed E-state index contributed by atoms with van der Waals surface area (Å²) in [5.41, 5.74) is 0.455. The van der Waals surface area contributed by atoms with Crippen LogP contribution in [-0.2, 0) is 4.79 Å². The number of amides is 3. The van der Waals surface area contributed by atoms with Gasteiger partial charge in [0.2, 0.25) is 5.91 Å². The van der Waals surface area contributed by atoms with Gasteiger partial charge in [0.1, 0.15) is 23.3 Å². The van der Waals surface area contributed by atoms with Gasteiger partial charge in [-0.3, -0.25) is 4.79 Å². The molecule has 8 heteroatoms. The summed E-state index contributed by atoms with van der Waals surface area (Å²) in [4.78, 5) is 25.4. The van der Waals surface area contributed by atoms with E-state index >= 15 is 0 Å². The molecule has 3 amide bonds. The summed E-state index contributed by atoms with van der Waals surface area (Å²) in [7, 11) is 3.08. The van der Waals surface area contributed by atoms with Gasteiger partial charge in [0.05, 0.1) is 12.8 Å². The molecule has 1 atom stereocenters. The van der Waals surface area contributed by atoms with Crippen LogP contribution in [0.15, 0.2) is 42.5 Å². The predicted molar refractivity (Wildman–Crippen MR) is 98.1 cm³/mol. The fourth-order valence-electron chi connectivity index (χ4n) is 2.56. The minimum atomic E-state index is -0.590. The first-order valence-electron chi connectivity index (χ1n) is 7.91. The molecule has 1 aliphatic rings. The zero-order chi connectivity index (χ0) is 18.7. The van der Waals surface area contributed by atoms with Crippen LogP contribution in [-0.4, -0.2) is 43.6 Å². The number of carbonyl (C=O) groups is 2. The maximum absolute atomic E-state index is 12.5. The molecule has 2 aromatic rings. The van der Waals surface area contributed by atoms with E-state index in [-0.39, 0.29) is 18.5 Å². The third-order valence-electron chi connectivity index (χ3n) is 4.02. The molecular weight excluding hydrogens is 358 g/mol. The fourth-order valence-corrected chi connectivity index (χ4v) is 2.68. The monoisotopic (exact) mass is 375 g/mol. The molecule has 0 bridgehead atoms. The summed E-state index contributed by atoms with van der Waals surface area (Å²) in [6.07, 6.45) is 0. The number of nitrogens with zero attached hydrogens (tertiary/aromatic N) is 1. The Hall–Kier alpha value is -2.93. The van der Waals surface area contributed by atoms with Gasteiger partial charge < -0.3 is 25.0 Å². The lowest BCUT2D eigenvalue weighted by atomic mass is 10.2. The Morgan fingerprint density at radius 2 is 1.92 bits per heavy atom. The smallest absolute Gasteiger partial charge is 0.317 e. The summed E-state index contributed by atoms with van der Waals surface area (Å²) < 4.78 is 11.1. The minimum absolute atomic E-state index is 0.254. The number of rotatable bonds is 5. The van der Waals surface area contributed by atoms with E-state index in [2.05, 4.69) is 10.6 Å². The van der Waals surface area contributed by atoms with Crippen LogP contribution in [0.5, 0.6) is 17.2 Å². The van der Waals surface area contributed by atoms with Crippen molar-refractivity contribution < 1.29 is 19.1 Å². The van der Waals surface area contributed by atoms with Gasteiger partial charge in [0.25, 0.3) is 0 Å². The Labute approximate surface area is 155 Å². The van der Waals surface area contributed by atoms with Crippen LogP contribution in [0.3, 0.4) is 0 Å². The van der Waals surface area contributed by atoms with E-state index in [9.17, 15) is 9.59 Å². The zero-order valence-electron chi connectivity index (χ0n) is 14.3. The van der Waals surface area contributed by atoms with Gasteiger partial charge in [-0.25, -0.2) is 4.79 Å². The van der Waals surface area contributed by atoms with Gasteiger partial charge in [-0.15, -0.1) is 0 Å². The van der Waals surface area contributed by atoms with Crippen molar-refractivity contribution in [2.75, 3.05) is 26.0 Å². The van der Waals surface area contributed by atoms with Crippen molar-refractivity contribution in [1.82, 2.24) is 10.2 Å². The van der Waals surface area contributed by atoms with E-state index in [4.69, 9.17) is 21.1 Å². The summed E-state index contributed by atoms with van der Waals surface area (Å²) in [5.74, 6) is 1.31. The number of anilines is 1. The van der Waals surface area contributed by atoms with Crippen LogP contribution in [0.1, 0.15) is 0 Å². The Morgan fingerprint density at radius 1 is 1.23 bits per heavy atom. The number of methoxy groups -OCH3 is 1. The second-order valence-electron chi connectivity index (χ2n) is 5.72. The van der Waals surface area contributed by atoms with Gasteiger partial charge in [-0.2, -0.15) is 0 Å². The second kappa shape index (κ2) is 7.53. The number of urea groups is 1. The largest absolute Gasteiger partial charge is 0.495 e. The van der Waals surface area contributed by atoms with E-state index in [1.165, 1.54) is 12.0 Å². The Bertz CT molecular complexity index is 826. The van der Waals surface area contributed by atoms with Crippen molar-refractivity contribution in [3.8, 4) is 17.2 Å². The molecule has 7 nitrogen and oxygen atoms in total. The highest BCUT2D eigenvalue weighted by atomic mass is 35.5. The normalized spacial score (nSPS) is 16.2. The predicted octanol–water partition coefficient (Wildman–Crippen LogP) is 3.10. The second-order valence-corrected chi connectivity index (χ2v) is 6.16. The van der Waals surface area contributed by atoms with E-state index in [1.54, 1.807) is 49.5 Å². The molecule has 0 aromatic heterocycles. The Morgan fingerprint density at radius 3 is 2.54 bits per heavy atom. The first-order chi connectivity index (χ1) is 12.5. The van der Waals surface area contributed by atoms with Crippen molar-refractivity contribution >= 4 is 29.2 Å². The van der Waals surface area contributed by atoms with Crippen LogP contribution in [0, 0.1) is 0 Å². The molecule has 136 valence electrons. The molecule has 3 rings (SSSR count). The third-order valence-corrected chi connectivity index (χ3v) is 4.27. The van der Waals surface area contributed by atoms with Crippen molar-refractivity contribution in [3.05, 3.63) is 47.5 Å².